The van der Waals surface area contributed by atoms with E-state index in [1.54, 1.807) is 0 Å². The predicted molar refractivity (Wildman–Crippen MR) is 60.4 cm³/mol. The molecule has 0 saturated carbocycles. The summed E-state index contributed by atoms with van der Waals surface area (Å²) < 4.78 is 2.10. The van der Waals surface area contributed by atoms with Gasteiger partial charge in [0.05, 0.1) is 0 Å². The molecule has 0 saturated heterocycles. The van der Waals surface area contributed by atoms with Crippen LogP contribution in [-0.2, 0) is 0 Å². The third kappa shape index (κ3) is 1.89. The molecule has 0 aliphatic carbocycles. The predicted octanol–water partition coefficient (Wildman–Crippen LogP) is 3.31. The van der Waals surface area contributed by atoms with Gasteiger partial charge in [-0.05, 0) is 59.9 Å². The van der Waals surface area contributed by atoms with E-state index in [-0.39, 0.29) is 0 Å². The number of fused-ring (bicyclic) bond motifs is 1. The van der Waals surface area contributed by atoms with Crippen molar-refractivity contribution in [3.63, 3.8) is 0 Å². The molecule has 13 heavy (non-hydrogen) atoms. The van der Waals surface area contributed by atoms with Crippen molar-refractivity contribution in [1.29, 1.82) is 0 Å². The number of halogens is 3. The van der Waals surface area contributed by atoms with E-state index in [4.69, 9.17) is 0 Å². The minimum atomic E-state index is 0.615. The van der Waals surface area contributed by atoms with Crippen LogP contribution >= 0.6 is 47.8 Å². The molecule has 2 aromatic rings. The van der Waals surface area contributed by atoms with Crippen LogP contribution in [0.5, 0.6) is 0 Å². The summed E-state index contributed by atoms with van der Waals surface area (Å²) in [5.74, 6) is 0. The SMILES string of the molecule is Brc1ccc2nc(Br)c(Br)nc2n1. The normalized spacial score (nSPS) is 10.7. The Morgan fingerprint density at radius 3 is 2.31 bits per heavy atom. The molecule has 2 heterocycles. The van der Waals surface area contributed by atoms with Gasteiger partial charge in [0.15, 0.2) is 5.65 Å². The minimum absolute atomic E-state index is 0.615. The molecular formula is C7H2Br3N3. The van der Waals surface area contributed by atoms with Crippen molar-refractivity contribution < 1.29 is 0 Å². The second-order valence-electron chi connectivity index (χ2n) is 2.28. The van der Waals surface area contributed by atoms with Gasteiger partial charge in [-0.1, -0.05) is 0 Å². The van der Waals surface area contributed by atoms with Crippen LogP contribution in [0.25, 0.3) is 11.2 Å². The van der Waals surface area contributed by atoms with Crippen molar-refractivity contribution in [2.24, 2.45) is 0 Å². The van der Waals surface area contributed by atoms with Gasteiger partial charge >= 0.3 is 0 Å². The Bertz CT molecular complexity index is 472. The lowest BCUT2D eigenvalue weighted by atomic mass is 10.4. The smallest absolute Gasteiger partial charge is 0.180 e. The van der Waals surface area contributed by atoms with E-state index in [9.17, 15) is 0 Å². The van der Waals surface area contributed by atoms with Crippen molar-refractivity contribution >= 4 is 59.0 Å². The first-order valence-corrected chi connectivity index (χ1v) is 5.70. The Morgan fingerprint density at radius 2 is 1.54 bits per heavy atom. The first-order chi connectivity index (χ1) is 6.16. The van der Waals surface area contributed by atoms with Gasteiger partial charge in [-0.15, -0.1) is 0 Å². The molecule has 6 heteroatoms. The summed E-state index contributed by atoms with van der Waals surface area (Å²) in [4.78, 5) is 12.6. The molecule has 0 atom stereocenters. The van der Waals surface area contributed by atoms with Crippen molar-refractivity contribution in [3.8, 4) is 0 Å². The highest BCUT2D eigenvalue weighted by Crippen LogP contribution is 2.21. The summed E-state index contributed by atoms with van der Waals surface area (Å²) in [6.45, 7) is 0. The van der Waals surface area contributed by atoms with Gasteiger partial charge < -0.3 is 0 Å². The molecule has 2 aromatic heterocycles. The Morgan fingerprint density at radius 1 is 0.846 bits per heavy atom. The summed E-state index contributed by atoms with van der Waals surface area (Å²) in [6, 6.07) is 3.69. The van der Waals surface area contributed by atoms with Gasteiger partial charge in [0.25, 0.3) is 0 Å². The van der Waals surface area contributed by atoms with Crippen molar-refractivity contribution in [2.75, 3.05) is 0 Å². The molecule has 66 valence electrons. The zero-order valence-corrected chi connectivity index (χ0v) is 10.9. The number of hydrogen-bond acceptors (Lipinski definition) is 3. The van der Waals surface area contributed by atoms with Gasteiger partial charge in [0.2, 0.25) is 0 Å². The Hall–Kier alpha value is -0.0700. The van der Waals surface area contributed by atoms with E-state index in [1.807, 2.05) is 12.1 Å². The molecule has 0 fully saturated rings. The van der Waals surface area contributed by atoms with E-state index in [0.29, 0.717) is 14.9 Å². The van der Waals surface area contributed by atoms with Crippen LogP contribution in [0.15, 0.2) is 25.9 Å². The molecule has 0 spiro atoms. The van der Waals surface area contributed by atoms with Gasteiger partial charge in [-0.25, -0.2) is 15.0 Å². The van der Waals surface area contributed by atoms with Gasteiger partial charge in [-0.3, -0.25) is 0 Å². The zero-order chi connectivity index (χ0) is 9.42. The summed E-state index contributed by atoms with van der Waals surface area (Å²) in [7, 11) is 0. The van der Waals surface area contributed by atoms with Crippen LogP contribution in [0, 0.1) is 0 Å². The van der Waals surface area contributed by atoms with Crippen LogP contribution in [0.2, 0.25) is 0 Å². The lowest BCUT2D eigenvalue weighted by Crippen LogP contribution is -1.90. The highest BCUT2D eigenvalue weighted by atomic mass is 79.9. The molecule has 2 rings (SSSR count). The maximum atomic E-state index is 4.24. The number of aromatic nitrogens is 3. The van der Waals surface area contributed by atoms with Gasteiger partial charge in [0, 0.05) is 0 Å². The van der Waals surface area contributed by atoms with E-state index in [0.717, 1.165) is 10.1 Å². The summed E-state index contributed by atoms with van der Waals surface area (Å²) in [5.41, 5.74) is 1.38. The third-order valence-corrected chi connectivity index (χ3v) is 3.49. The first-order valence-electron chi connectivity index (χ1n) is 3.32. The van der Waals surface area contributed by atoms with E-state index >= 15 is 0 Å². The van der Waals surface area contributed by atoms with E-state index < -0.39 is 0 Å². The molecule has 0 radical (unpaired) electrons. The van der Waals surface area contributed by atoms with Crippen molar-refractivity contribution in [2.45, 2.75) is 0 Å². The van der Waals surface area contributed by atoms with Crippen LogP contribution in [0.4, 0.5) is 0 Å². The van der Waals surface area contributed by atoms with E-state index in [2.05, 4.69) is 62.7 Å². The fourth-order valence-electron chi connectivity index (χ4n) is 0.878. The topological polar surface area (TPSA) is 38.7 Å². The van der Waals surface area contributed by atoms with Crippen LogP contribution in [0.3, 0.4) is 0 Å². The van der Waals surface area contributed by atoms with Crippen molar-refractivity contribution in [1.82, 2.24) is 15.0 Å². The fourth-order valence-corrected chi connectivity index (χ4v) is 1.71. The molecule has 0 aliphatic rings. The van der Waals surface area contributed by atoms with Gasteiger partial charge in [-0.2, -0.15) is 0 Å². The van der Waals surface area contributed by atoms with Crippen LogP contribution in [0.1, 0.15) is 0 Å². The average molecular weight is 368 g/mol. The fraction of sp³-hybridized carbons (Fsp3) is 0. The van der Waals surface area contributed by atoms with Crippen LogP contribution < -0.4 is 0 Å². The molecule has 0 unspecified atom stereocenters. The zero-order valence-electron chi connectivity index (χ0n) is 6.13. The Kier molecular flexibility index (Phi) is 2.62. The quantitative estimate of drug-likeness (QED) is 0.670. The molecule has 0 N–H and O–H groups in total. The molecule has 0 bridgehead atoms. The third-order valence-electron chi connectivity index (χ3n) is 1.41. The summed E-state index contributed by atoms with van der Waals surface area (Å²) in [5, 5.41) is 0. The largest absolute Gasteiger partial charge is 0.235 e. The standard InChI is InChI=1S/C7H2Br3N3/c8-4-2-1-3-7(12-4)13-6(10)5(9)11-3/h1-2H. The molecular weight excluding hydrogens is 366 g/mol. The summed E-state index contributed by atoms with van der Waals surface area (Å²) in [6.07, 6.45) is 0. The molecule has 0 aliphatic heterocycles. The lowest BCUT2D eigenvalue weighted by molar-refractivity contribution is 1.15. The highest BCUT2D eigenvalue weighted by molar-refractivity contribution is 9.13. The number of nitrogens with zero attached hydrogens (tertiary/aromatic N) is 3. The number of hydrogen-bond donors (Lipinski definition) is 0. The Balaban J connectivity index is 2.81. The van der Waals surface area contributed by atoms with Crippen molar-refractivity contribution in [3.05, 3.63) is 25.9 Å². The Labute approximate surface area is 99.4 Å². The molecule has 0 amide bonds. The second kappa shape index (κ2) is 3.59. The maximum absolute atomic E-state index is 4.24. The second-order valence-corrected chi connectivity index (χ2v) is 4.60. The monoisotopic (exact) mass is 365 g/mol. The molecule has 3 nitrogen and oxygen atoms in total. The highest BCUT2D eigenvalue weighted by Gasteiger charge is 2.04. The molecule has 0 aromatic carbocycles. The van der Waals surface area contributed by atoms with Gasteiger partial charge in [0.1, 0.15) is 19.3 Å². The number of rotatable bonds is 0. The van der Waals surface area contributed by atoms with Crippen LogP contribution in [-0.4, -0.2) is 15.0 Å². The first kappa shape index (κ1) is 9.48. The maximum Gasteiger partial charge on any atom is 0.180 e. The van der Waals surface area contributed by atoms with E-state index in [1.165, 1.54) is 0 Å². The lowest BCUT2D eigenvalue weighted by Gasteiger charge is -1.98. The minimum Gasteiger partial charge on any atom is -0.235 e. The average Bonchev–Trinajstić information content (AvgIpc) is 2.08. The summed E-state index contributed by atoms with van der Waals surface area (Å²) >= 11 is 9.81. The number of pyridine rings is 1.